The van der Waals surface area contributed by atoms with Crippen molar-refractivity contribution in [2.75, 3.05) is 34.4 Å². The number of nitrogen functional groups attached to an aromatic ring is 6. The molecule has 0 saturated carbocycles. The van der Waals surface area contributed by atoms with Crippen LogP contribution in [0.3, 0.4) is 0 Å². The molecule has 456 valence electrons. The van der Waals surface area contributed by atoms with E-state index in [0.717, 1.165) is 104 Å². The van der Waals surface area contributed by atoms with Gasteiger partial charge in [0.2, 0.25) is 0 Å². The van der Waals surface area contributed by atoms with Gasteiger partial charge in [-0.15, -0.1) is 0 Å². The average Bonchev–Trinajstić information content (AvgIpc) is 0.906. The number of carbonyl (C=O) groups excluding carboxylic acids is 6. The highest BCUT2D eigenvalue weighted by molar-refractivity contribution is 5.80. The molecule has 0 aliphatic heterocycles. The SMILES string of the molecule is Nc1ccc(C(c2ccc(N)cc2)(c2ccc(C=O)cc2)c2ccc(C=O)cc2)cc1.Nc1ccc(C(c2ccc(N)cc2)(c2ccc(C=O)cc2)c2ccc(C=O)cc2)cc1.Nc1ccc(C(c2ccc(N)cc2)(c2ccc(C=O)cc2)c2ccc(C=O)cc2)cc1. The number of aldehydes is 6. The van der Waals surface area contributed by atoms with Crippen molar-refractivity contribution < 1.29 is 28.8 Å². The van der Waals surface area contributed by atoms with Crippen LogP contribution in [0.1, 0.15) is 129 Å². The first-order chi connectivity index (χ1) is 45.2. The summed E-state index contributed by atoms with van der Waals surface area (Å²) < 4.78 is 0. The number of anilines is 6. The Morgan fingerprint density at radius 2 is 0.237 bits per heavy atom. The average molecular weight is 1220 g/mol. The highest BCUT2D eigenvalue weighted by Crippen LogP contribution is 2.49. The van der Waals surface area contributed by atoms with Crippen LogP contribution in [-0.2, 0) is 16.2 Å². The molecule has 12 nitrogen and oxygen atoms in total. The van der Waals surface area contributed by atoms with E-state index in [-0.39, 0.29) is 0 Å². The molecule has 0 fully saturated rings. The normalized spacial score (nSPS) is 11.1. The molecule has 12 rings (SSSR count). The molecule has 0 heterocycles. The number of nitrogens with two attached hydrogens (primary N) is 6. The molecule has 0 aromatic heterocycles. The van der Waals surface area contributed by atoms with Crippen molar-refractivity contribution in [3.8, 4) is 0 Å². The van der Waals surface area contributed by atoms with E-state index in [1.54, 1.807) is 0 Å². The van der Waals surface area contributed by atoms with Crippen LogP contribution in [0.2, 0.25) is 0 Å². The largest absolute Gasteiger partial charge is 0.399 e. The predicted molar refractivity (Wildman–Crippen MR) is 373 cm³/mol. The van der Waals surface area contributed by atoms with Crippen molar-refractivity contribution >= 4 is 71.8 Å². The van der Waals surface area contributed by atoms with Gasteiger partial charge in [0.05, 0.1) is 16.2 Å². The fourth-order valence-corrected chi connectivity index (χ4v) is 12.3. The van der Waals surface area contributed by atoms with Crippen molar-refractivity contribution in [3.63, 3.8) is 0 Å². The summed E-state index contributed by atoms with van der Waals surface area (Å²) in [4.78, 5) is 67.6. The second-order valence-corrected chi connectivity index (χ2v) is 22.4. The van der Waals surface area contributed by atoms with Gasteiger partial charge in [-0.1, -0.05) is 218 Å². The van der Waals surface area contributed by atoms with Gasteiger partial charge < -0.3 is 34.4 Å². The summed E-state index contributed by atoms with van der Waals surface area (Å²) in [5.74, 6) is 0. The standard InChI is InChI=1S/3C27H22N2O2/c3*28-25-13-9-23(10-14-25)27(24-11-15-26(29)16-12-24,21-5-1-19(17-30)2-6-21)22-7-3-20(18-31)4-8-22/h3*1-18H,28-29H2. The molecule has 0 spiro atoms. The van der Waals surface area contributed by atoms with Gasteiger partial charge in [-0.3, -0.25) is 28.8 Å². The number of benzene rings is 12. The summed E-state index contributed by atoms with van der Waals surface area (Å²) in [5.41, 5.74) is 53.3. The van der Waals surface area contributed by atoms with E-state index < -0.39 is 16.2 Å². The number of rotatable bonds is 18. The fraction of sp³-hybridized carbons (Fsp3) is 0.0370. The minimum atomic E-state index is -0.704. The van der Waals surface area contributed by atoms with Gasteiger partial charge in [0.15, 0.2) is 0 Å². The summed E-state index contributed by atoms with van der Waals surface area (Å²) in [7, 11) is 0. The molecule has 0 atom stereocenters. The van der Waals surface area contributed by atoms with Gasteiger partial charge in [0, 0.05) is 67.5 Å². The molecule has 12 aromatic carbocycles. The summed E-state index contributed by atoms with van der Waals surface area (Å²) in [5, 5.41) is 0. The van der Waals surface area contributed by atoms with E-state index in [1.807, 2.05) is 291 Å². The molecular weight excluding hydrogens is 1150 g/mol. The van der Waals surface area contributed by atoms with Crippen LogP contribution >= 0.6 is 0 Å². The Hall–Kier alpha value is -12.5. The van der Waals surface area contributed by atoms with E-state index in [9.17, 15) is 28.8 Å². The number of hydrogen-bond acceptors (Lipinski definition) is 12. The van der Waals surface area contributed by atoms with Gasteiger partial charge in [0.25, 0.3) is 0 Å². The molecule has 12 aromatic rings. The lowest BCUT2D eigenvalue weighted by Gasteiger charge is -2.37. The monoisotopic (exact) mass is 1220 g/mol. The van der Waals surface area contributed by atoms with Gasteiger partial charge in [-0.25, -0.2) is 0 Å². The molecular formula is C81H66N6O6. The molecule has 0 radical (unpaired) electrons. The topological polar surface area (TPSA) is 259 Å². The third kappa shape index (κ3) is 13.0. The highest BCUT2D eigenvalue weighted by atomic mass is 16.1. The first-order valence-electron chi connectivity index (χ1n) is 29.7. The Bertz CT molecular complexity index is 3760. The third-order valence-corrected chi connectivity index (χ3v) is 16.9. The molecule has 93 heavy (non-hydrogen) atoms. The van der Waals surface area contributed by atoms with E-state index in [2.05, 4.69) is 0 Å². The molecule has 0 aliphatic rings. The Labute approximate surface area is 539 Å². The highest BCUT2D eigenvalue weighted by Gasteiger charge is 2.41. The summed E-state index contributed by atoms with van der Waals surface area (Å²) >= 11 is 0. The van der Waals surface area contributed by atoms with Crippen LogP contribution in [-0.4, -0.2) is 37.7 Å². The van der Waals surface area contributed by atoms with Gasteiger partial charge in [-0.2, -0.15) is 0 Å². The molecule has 12 N–H and O–H groups in total. The minimum Gasteiger partial charge on any atom is -0.399 e. The minimum absolute atomic E-state index is 0.601. The summed E-state index contributed by atoms with van der Waals surface area (Å²) in [6.07, 6.45) is 4.98. The van der Waals surface area contributed by atoms with E-state index in [0.29, 0.717) is 67.5 Å². The quantitative estimate of drug-likeness (QED) is 0.0266. The lowest BCUT2D eigenvalue weighted by Crippen LogP contribution is -2.31. The second-order valence-electron chi connectivity index (χ2n) is 22.4. The first-order valence-corrected chi connectivity index (χ1v) is 29.7. The van der Waals surface area contributed by atoms with Crippen molar-refractivity contribution in [3.05, 3.63) is 391 Å². The number of carbonyl (C=O) groups is 6. The maximum absolute atomic E-state index is 11.3. The molecule has 12 heteroatoms. The molecule has 0 aliphatic carbocycles. The zero-order valence-corrected chi connectivity index (χ0v) is 50.6. The summed E-state index contributed by atoms with van der Waals surface area (Å²) in [6, 6.07) is 91.9. The van der Waals surface area contributed by atoms with Crippen molar-refractivity contribution in [1.29, 1.82) is 0 Å². The lowest BCUT2D eigenvalue weighted by molar-refractivity contribution is 0.111. The lowest BCUT2D eigenvalue weighted by atomic mass is 9.65. The van der Waals surface area contributed by atoms with E-state index in [4.69, 9.17) is 34.4 Å². The van der Waals surface area contributed by atoms with Crippen LogP contribution in [0.5, 0.6) is 0 Å². The smallest absolute Gasteiger partial charge is 0.150 e. The van der Waals surface area contributed by atoms with Crippen LogP contribution in [0.25, 0.3) is 0 Å². The Morgan fingerprint density at radius 1 is 0.151 bits per heavy atom. The number of hydrogen-bond donors (Lipinski definition) is 6. The van der Waals surface area contributed by atoms with Crippen LogP contribution in [0, 0.1) is 0 Å². The fourth-order valence-electron chi connectivity index (χ4n) is 12.3. The van der Waals surface area contributed by atoms with Gasteiger partial charge in [-0.05, 0) is 140 Å². The van der Waals surface area contributed by atoms with Crippen LogP contribution < -0.4 is 34.4 Å². The van der Waals surface area contributed by atoms with Crippen molar-refractivity contribution in [2.24, 2.45) is 0 Å². The zero-order valence-electron chi connectivity index (χ0n) is 50.6. The van der Waals surface area contributed by atoms with Crippen LogP contribution in [0.15, 0.2) is 291 Å². The Balaban J connectivity index is 0.000000153. The van der Waals surface area contributed by atoms with Gasteiger partial charge >= 0.3 is 0 Å². The first kappa shape index (κ1) is 63.5. The van der Waals surface area contributed by atoms with E-state index >= 15 is 0 Å². The van der Waals surface area contributed by atoms with E-state index in [1.165, 1.54) is 0 Å². The molecule has 0 unspecified atom stereocenters. The molecule has 0 amide bonds. The third-order valence-electron chi connectivity index (χ3n) is 16.9. The van der Waals surface area contributed by atoms with Crippen molar-refractivity contribution in [1.82, 2.24) is 0 Å². The second kappa shape index (κ2) is 28.3. The van der Waals surface area contributed by atoms with Crippen molar-refractivity contribution in [2.45, 2.75) is 16.2 Å². The maximum Gasteiger partial charge on any atom is 0.150 e. The Morgan fingerprint density at radius 3 is 0.323 bits per heavy atom. The Kier molecular flexibility index (Phi) is 19.3. The van der Waals surface area contributed by atoms with Gasteiger partial charge in [0.1, 0.15) is 37.7 Å². The summed E-state index contributed by atoms with van der Waals surface area (Å²) in [6.45, 7) is 0. The molecule has 0 saturated heterocycles. The van der Waals surface area contributed by atoms with Crippen LogP contribution in [0.4, 0.5) is 34.1 Å². The predicted octanol–water partition coefficient (Wildman–Crippen LogP) is 14.6. The maximum atomic E-state index is 11.3. The molecule has 0 bridgehead atoms. The zero-order chi connectivity index (χ0) is 65.5.